The molecule has 96 valence electrons. The third-order valence-electron chi connectivity index (χ3n) is 3.29. The Labute approximate surface area is 109 Å². The zero-order valence-corrected chi connectivity index (χ0v) is 12.0. The molecule has 1 aliphatic carbocycles. The van der Waals surface area contributed by atoms with Crippen molar-refractivity contribution in [3.05, 3.63) is 22.4 Å². The van der Waals surface area contributed by atoms with Crippen molar-refractivity contribution in [1.29, 1.82) is 0 Å². The molecule has 1 heterocycles. The molecule has 0 radical (unpaired) electrons. The van der Waals surface area contributed by atoms with Crippen molar-refractivity contribution in [1.82, 2.24) is 10.2 Å². The Bertz CT molecular complexity index is 328. The standard InChI is InChI=1S/C14H24N2S/c1-14(2,10-15-3)11-16(12-6-7-12)9-13-5-4-8-17-13/h4-5,8,12,15H,6-7,9-11H2,1-3H3. The Morgan fingerprint density at radius 2 is 2.24 bits per heavy atom. The van der Waals surface area contributed by atoms with E-state index >= 15 is 0 Å². The second-order valence-electron chi connectivity index (χ2n) is 5.91. The van der Waals surface area contributed by atoms with Gasteiger partial charge in [-0.2, -0.15) is 0 Å². The van der Waals surface area contributed by atoms with Gasteiger partial charge in [0.2, 0.25) is 0 Å². The van der Waals surface area contributed by atoms with Crippen LogP contribution in [0, 0.1) is 5.41 Å². The van der Waals surface area contributed by atoms with Crippen LogP contribution in [-0.2, 0) is 6.54 Å². The van der Waals surface area contributed by atoms with Crippen molar-refractivity contribution < 1.29 is 0 Å². The molecule has 17 heavy (non-hydrogen) atoms. The van der Waals surface area contributed by atoms with E-state index in [1.807, 2.05) is 18.4 Å². The van der Waals surface area contributed by atoms with Crippen LogP contribution in [0.25, 0.3) is 0 Å². The first-order valence-corrected chi connectivity index (χ1v) is 7.40. The molecule has 0 atom stereocenters. The van der Waals surface area contributed by atoms with E-state index < -0.39 is 0 Å². The lowest BCUT2D eigenvalue weighted by atomic mass is 9.92. The maximum Gasteiger partial charge on any atom is 0.0331 e. The van der Waals surface area contributed by atoms with E-state index in [1.54, 1.807) is 0 Å². The summed E-state index contributed by atoms with van der Waals surface area (Å²) in [5, 5.41) is 5.49. The highest BCUT2D eigenvalue weighted by atomic mass is 32.1. The summed E-state index contributed by atoms with van der Waals surface area (Å²) in [6.07, 6.45) is 2.78. The van der Waals surface area contributed by atoms with Crippen molar-refractivity contribution in [2.24, 2.45) is 5.41 Å². The van der Waals surface area contributed by atoms with E-state index in [4.69, 9.17) is 0 Å². The average Bonchev–Trinajstić information content (AvgIpc) is 2.97. The maximum atomic E-state index is 3.31. The van der Waals surface area contributed by atoms with Gasteiger partial charge in [0, 0.05) is 30.6 Å². The van der Waals surface area contributed by atoms with E-state index in [0.717, 1.165) is 19.1 Å². The van der Waals surface area contributed by atoms with E-state index in [0.29, 0.717) is 5.41 Å². The Morgan fingerprint density at radius 3 is 2.76 bits per heavy atom. The minimum Gasteiger partial charge on any atom is -0.319 e. The van der Waals surface area contributed by atoms with Crippen LogP contribution in [0.3, 0.4) is 0 Å². The Hall–Kier alpha value is -0.380. The van der Waals surface area contributed by atoms with Gasteiger partial charge in [-0.05, 0) is 36.8 Å². The summed E-state index contributed by atoms with van der Waals surface area (Å²) in [4.78, 5) is 4.17. The SMILES string of the molecule is CNCC(C)(C)CN(Cc1cccs1)C1CC1. The van der Waals surface area contributed by atoms with Gasteiger partial charge in [-0.3, -0.25) is 4.90 Å². The normalized spacial score (nSPS) is 16.7. The molecule has 1 saturated carbocycles. The molecule has 2 rings (SSSR count). The Kier molecular flexibility index (Phi) is 4.23. The second kappa shape index (κ2) is 5.51. The molecule has 0 spiro atoms. The lowest BCUT2D eigenvalue weighted by Gasteiger charge is -2.32. The number of rotatable bonds is 7. The summed E-state index contributed by atoms with van der Waals surface area (Å²) in [5.41, 5.74) is 0.356. The predicted octanol–water partition coefficient (Wildman–Crippen LogP) is 2.96. The molecule has 0 saturated heterocycles. The second-order valence-corrected chi connectivity index (χ2v) is 6.94. The van der Waals surface area contributed by atoms with Crippen LogP contribution in [0.2, 0.25) is 0 Å². The van der Waals surface area contributed by atoms with E-state index in [1.165, 1.54) is 24.3 Å². The molecule has 1 aromatic heterocycles. The highest BCUT2D eigenvalue weighted by Gasteiger charge is 2.32. The number of thiophene rings is 1. The monoisotopic (exact) mass is 252 g/mol. The lowest BCUT2D eigenvalue weighted by Crippen LogP contribution is -2.40. The van der Waals surface area contributed by atoms with Gasteiger partial charge in [-0.1, -0.05) is 19.9 Å². The zero-order chi connectivity index (χ0) is 12.3. The highest BCUT2D eigenvalue weighted by molar-refractivity contribution is 7.09. The fraction of sp³-hybridized carbons (Fsp3) is 0.714. The summed E-state index contributed by atoms with van der Waals surface area (Å²) >= 11 is 1.88. The molecule has 0 aliphatic heterocycles. The number of hydrogen-bond donors (Lipinski definition) is 1. The molecule has 2 nitrogen and oxygen atoms in total. The van der Waals surface area contributed by atoms with Crippen LogP contribution in [0.5, 0.6) is 0 Å². The minimum atomic E-state index is 0.356. The summed E-state index contributed by atoms with van der Waals surface area (Å²) in [6, 6.07) is 5.25. The topological polar surface area (TPSA) is 15.3 Å². The molecule has 1 fully saturated rings. The van der Waals surface area contributed by atoms with Gasteiger partial charge >= 0.3 is 0 Å². The molecule has 0 amide bonds. The largest absolute Gasteiger partial charge is 0.319 e. The van der Waals surface area contributed by atoms with Crippen LogP contribution in [0.4, 0.5) is 0 Å². The van der Waals surface area contributed by atoms with Crippen molar-refractivity contribution in [2.45, 2.75) is 39.3 Å². The smallest absolute Gasteiger partial charge is 0.0331 e. The first-order valence-electron chi connectivity index (χ1n) is 6.52. The lowest BCUT2D eigenvalue weighted by molar-refractivity contribution is 0.163. The molecule has 0 aromatic carbocycles. The quantitative estimate of drug-likeness (QED) is 0.802. The maximum absolute atomic E-state index is 3.31. The fourth-order valence-electron chi connectivity index (χ4n) is 2.44. The van der Waals surface area contributed by atoms with Gasteiger partial charge in [0.15, 0.2) is 0 Å². The van der Waals surface area contributed by atoms with Crippen LogP contribution in [0.15, 0.2) is 17.5 Å². The molecule has 1 N–H and O–H groups in total. The van der Waals surface area contributed by atoms with Gasteiger partial charge in [0.05, 0.1) is 0 Å². The van der Waals surface area contributed by atoms with Gasteiger partial charge in [0.1, 0.15) is 0 Å². The van der Waals surface area contributed by atoms with Gasteiger partial charge in [-0.15, -0.1) is 11.3 Å². The molecule has 3 heteroatoms. The number of nitrogens with one attached hydrogen (secondary N) is 1. The van der Waals surface area contributed by atoms with Crippen LogP contribution in [-0.4, -0.2) is 31.1 Å². The molecular weight excluding hydrogens is 228 g/mol. The molecule has 1 aromatic rings. The minimum absolute atomic E-state index is 0.356. The van der Waals surface area contributed by atoms with E-state index in [-0.39, 0.29) is 0 Å². The van der Waals surface area contributed by atoms with Crippen LogP contribution >= 0.6 is 11.3 Å². The van der Waals surface area contributed by atoms with Crippen LogP contribution < -0.4 is 5.32 Å². The number of hydrogen-bond acceptors (Lipinski definition) is 3. The van der Waals surface area contributed by atoms with Gasteiger partial charge in [0.25, 0.3) is 0 Å². The molecule has 1 aliphatic rings. The summed E-state index contributed by atoms with van der Waals surface area (Å²) < 4.78 is 0. The predicted molar refractivity (Wildman–Crippen MR) is 75.5 cm³/mol. The summed E-state index contributed by atoms with van der Waals surface area (Å²) in [7, 11) is 2.04. The first-order chi connectivity index (χ1) is 8.11. The summed E-state index contributed by atoms with van der Waals surface area (Å²) in [6.45, 7) is 8.12. The molecule has 0 unspecified atom stereocenters. The van der Waals surface area contributed by atoms with Crippen molar-refractivity contribution in [2.75, 3.05) is 20.1 Å². The van der Waals surface area contributed by atoms with Crippen molar-refractivity contribution in [3.8, 4) is 0 Å². The van der Waals surface area contributed by atoms with Crippen molar-refractivity contribution in [3.63, 3.8) is 0 Å². The van der Waals surface area contributed by atoms with Gasteiger partial charge in [-0.25, -0.2) is 0 Å². The Morgan fingerprint density at radius 1 is 1.47 bits per heavy atom. The van der Waals surface area contributed by atoms with E-state index in [9.17, 15) is 0 Å². The van der Waals surface area contributed by atoms with E-state index in [2.05, 4.69) is 41.6 Å². The molecule has 0 bridgehead atoms. The fourth-order valence-corrected chi connectivity index (χ4v) is 3.17. The zero-order valence-electron chi connectivity index (χ0n) is 11.2. The average molecular weight is 252 g/mol. The number of nitrogens with zero attached hydrogens (tertiary/aromatic N) is 1. The highest BCUT2D eigenvalue weighted by Crippen LogP contribution is 2.32. The third kappa shape index (κ3) is 4.09. The van der Waals surface area contributed by atoms with Crippen LogP contribution in [0.1, 0.15) is 31.6 Å². The first kappa shape index (κ1) is 13.1. The van der Waals surface area contributed by atoms with Gasteiger partial charge < -0.3 is 5.32 Å². The molecular formula is C14H24N2S. The third-order valence-corrected chi connectivity index (χ3v) is 4.15. The summed E-state index contributed by atoms with van der Waals surface area (Å²) in [5.74, 6) is 0. The van der Waals surface area contributed by atoms with Crippen molar-refractivity contribution >= 4 is 11.3 Å². The Balaban J connectivity index is 1.93.